The molecule has 4 heteroatoms. The van der Waals surface area contributed by atoms with Crippen LogP contribution in [-0.2, 0) is 6.54 Å². The first-order valence-corrected chi connectivity index (χ1v) is 6.33. The minimum absolute atomic E-state index is 0.979. The number of nitrogens with zero attached hydrogens (tertiary/aromatic N) is 2. The summed E-state index contributed by atoms with van der Waals surface area (Å²) < 4.78 is 0. The van der Waals surface area contributed by atoms with Gasteiger partial charge >= 0.3 is 0 Å². The van der Waals surface area contributed by atoms with Gasteiger partial charge in [-0.05, 0) is 31.0 Å². The fourth-order valence-corrected chi connectivity index (χ4v) is 2.57. The van der Waals surface area contributed by atoms with Crippen molar-refractivity contribution in [3.63, 3.8) is 0 Å². The average Bonchev–Trinajstić information content (AvgIpc) is 2.63. The fourth-order valence-electron chi connectivity index (χ4n) is 1.73. The number of hydrogen-bond donors (Lipinski definition) is 1. The van der Waals surface area contributed by atoms with Gasteiger partial charge in [-0.15, -0.1) is 11.3 Å². The van der Waals surface area contributed by atoms with Crippen LogP contribution in [0.3, 0.4) is 0 Å². The molecule has 0 bridgehead atoms. The number of rotatable bonds is 3. The van der Waals surface area contributed by atoms with E-state index in [0.29, 0.717) is 0 Å². The van der Waals surface area contributed by atoms with Gasteiger partial charge < -0.3 is 4.90 Å². The van der Waals surface area contributed by atoms with Crippen LogP contribution in [0.25, 0.3) is 0 Å². The maximum atomic E-state index is 3.50. The third-order valence-corrected chi connectivity index (χ3v) is 3.96. The van der Waals surface area contributed by atoms with E-state index in [4.69, 9.17) is 0 Å². The zero-order valence-corrected chi connectivity index (χ0v) is 10.3. The normalized spacial score (nSPS) is 19.6. The van der Waals surface area contributed by atoms with Crippen molar-refractivity contribution < 1.29 is 0 Å². The van der Waals surface area contributed by atoms with Crippen molar-refractivity contribution in [2.45, 2.75) is 13.5 Å². The average molecular weight is 225 g/mol. The fraction of sp³-hybridized carbons (Fsp3) is 0.636. The molecular weight excluding hydrogens is 206 g/mol. The second-order valence-electron chi connectivity index (χ2n) is 4.15. The third-order valence-electron chi connectivity index (χ3n) is 2.93. The molecule has 1 N–H and O–H groups in total. The molecule has 0 radical (unpaired) electrons. The highest BCUT2D eigenvalue weighted by Crippen LogP contribution is 2.15. The summed E-state index contributed by atoms with van der Waals surface area (Å²) in [4.78, 5) is 3.82. The molecule has 0 spiro atoms. The lowest BCUT2D eigenvalue weighted by molar-refractivity contribution is 0.102. The molecule has 1 aromatic heterocycles. The van der Waals surface area contributed by atoms with Gasteiger partial charge in [0.2, 0.25) is 0 Å². The largest absolute Gasteiger partial charge is 0.304 e. The van der Waals surface area contributed by atoms with Gasteiger partial charge in [0.15, 0.2) is 0 Å². The smallest absolute Gasteiger partial charge is 0.0450 e. The van der Waals surface area contributed by atoms with E-state index in [1.54, 1.807) is 0 Å². The lowest BCUT2D eigenvalue weighted by Crippen LogP contribution is -2.50. The second-order valence-corrected chi connectivity index (χ2v) is 5.15. The van der Waals surface area contributed by atoms with Gasteiger partial charge in [-0.1, -0.05) is 0 Å². The van der Waals surface area contributed by atoms with Gasteiger partial charge in [-0.3, -0.25) is 0 Å². The van der Waals surface area contributed by atoms with E-state index in [0.717, 1.165) is 32.7 Å². The highest BCUT2D eigenvalue weighted by Gasteiger charge is 2.13. The van der Waals surface area contributed by atoms with E-state index in [1.165, 1.54) is 10.4 Å². The predicted molar refractivity (Wildman–Crippen MR) is 65.0 cm³/mol. The van der Waals surface area contributed by atoms with Gasteiger partial charge in [0.05, 0.1) is 0 Å². The van der Waals surface area contributed by atoms with E-state index >= 15 is 0 Å². The van der Waals surface area contributed by atoms with Gasteiger partial charge in [0.25, 0.3) is 0 Å². The molecule has 1 aliphatic heterocycles. The highest BCUT2D eigenvalue weighted by atomic mass is 32.1. The molecule has 1 saturated heterocycles. The minimum atomic E-state index is 0.979. The van der Waals surface area contributed by atoms with Crippen molar-refractivity contribution in [1.29, 1.82) is 0 Å². The first-order chi connectivity index (χ1) is 7.25. The molecule has 1 aromatic rings. The van der Waals surface area contributed by atoms with Crippen LogP contribution in [0.4, 0.5) is 0 Å². The van der Waals surface area contributed by atoms with Crippen LogP contribution in [0.5, 0.6) is 0 Å². The molecule has 2 heterocycles. The van der Waals surface area contributed by atoms with Crippen LogP contribution in [0.2, 0.25) is 0 Å². The summed E-state index contributed by atoms with van der Waals surface area (Å²) in [6.07, 6.45) is 0. The first-order valence-electron chi connectivity index (χ1n) is 5.45. The molecular formula is C11H19N3S. The van der Waals surface area contributed by atoms with Crippen LogP contribution >= 0.6 is 11.3 Å². The zero-order chi connectivity index (χ0) is 10.7. The summed E-state index contributed by atoms with van der Waals surface area (Å²) in [7, 11) is 2.18. The summed E-state index contributed by atoms with van der Waals surface area (Å²) >= 11 is 1.84. The summed E-state index contributed by atoms with van der Waals surface area (Å²) in [5, 5.41) is 4.50. The Morgan fingerprint density at radius 2 is 2.07 bits per heavy atom. The quantitative estimate of drug-likeness (QED) is 0.837. The Morgan fingerprint density at radius 1 is 1.33 bits per heavy atom. The second kappa shape index (κ2) is 5.07. The van der Waals surface area contributed by atoms with Crippen LogP contribution < -0.4 is 5.43 Å². The van der Waals surface area contributed by atoms with Gasteiger partial charge in [-0.2, -0.15) is 0 Å². The summed E-state index contributed by atoms with van der Waals surface area (Å²) in [5.74, 6) is 0. The Balaban J connectivity index is 1.77. The topological polar surface area (TPSA) is 18.5 Å². The first kappa shape index (κ1) is 11.1. The van der Waals surface area contributed by atoms with Crippen molar-refractivity contribution in [2.75, 3.05) is 33.2 Å². The van der Waals surface area contributed by atoms with E-state index in [1.807, 2.05) is 11.3 Å². The lowest BCUT2D eigenvalue weighted by atomic mass is 10.3. The number of thiophene rings is 1. The number of nitrogens with one attached hydrogen (secondary N) is 1. The predicted octanol–water partition coefficient (Wildman–Crippen LogP) is 1.31. The molecule has 0 aromatic carbocycles. The van der Waals surface area contributed by atoms with Crippen molar-refractivity contribution in [3.05, 3.63) is 21.9 Å². The maximum Gasteiger partial charge on any atom is 0.0450 e. The maximum absolute atomic E-state index is 3.50. The summed E-state index contributed by atoms with van der Waals surface area (Å²) in [6.45, 7) is 7.74. The Morgan fingerprint density at radius 3 is 2.67 bits per heavy atom. The molecule has 2 rings (SSSR count). The van der Waals surface area contributed by atoms with Gasteiger partial charge in [-0.25, -0.2) is 10.4 Å². The molecule has 0 saturated carbocycles. The highest BCUT2D eigenvalue weighted by molar-refractivity contribution is 7.10. The standard InChI is InChI=1S/C11H19N3S/c1-10-3-8-15-11(10)9-12-14-6-4-13(2)5-7-14/h3,8,12H,4-7,9H2,1-2H3. The minimum Gasteiger partial charge on any atom is -0.304 e. The molecule has 0 atom stereocenters. The third kappa shape index (κ3) is 3.01. The SMILES string of the molecule is Cc1ccsc1CNN1CCN(C)CC1. The lowest BCUT2D eigenvalue weighted by Gasteiger charge is -2.32. The molecule has 15 heavy (non-hydrogen) atoms. The Labute approximate surface area is 95.7 Å². The van der Waals surface area contributed by atoms with Crippen molar-refractivity contribution in [1.82, 2.24) is 15.3 Å². The van der Waals surface area contributed by atoms with Crippen LogP contribution in [0, 0.1) is 6.92 Å². The molecule has 0 aliphatic carbocycles. The van der Waals surface area contributed by atoms with Crippen molar-refractivity contribution >= 4 is 11.3 Å². The Bertz CT molecular complexity index is 303. The van der Waals surface area contributed by atoms with E-state index in [-0.39, 0.29) is 0 Å². The van der Waals surface area contributed by atoms with Crippen molar-refractivity contribution in [2.24, 2.45) is 0 Å². The Kier molecular flexibility index (Phi) is 3.75. The summed E-state index contributed by atoms with van der Waals surface area (Å²) in [6, 6.07) is 2.19. The van der Waals surface area contributed by atoms with Crippen molar-refractivity contribution in [3.8, 4) is 0 Å². The molecule has 1 fully saturated rings. The number of likely N-dealkylation sites (N-methyl/N-ethyl adjacent to an activating group) is 1. The molecule has 1 aliphatic rings. The van der Waals surface area contributed by atoms with Gasteiger partial charge in [0, 0.05) is 37.6 Å². The Hall–Kier alpha value is -0.420. The zero-order valence-electron chi connectivity index (χ0n) is 9.49. The number of aryl methyl sites for hydroxylation is 1. The number of hydrazine groups is 1. The molecule has 84 valence electrons. The van der Waals surface area contributed by atoms with Gasteiger partial charge in [0.1, 0.15) is 0 Å². The molecule has 3 nitrogen and oxygen atoms in total. The van der Waals surface area contributed by atoms with E-state index < -0.39 is 0 Å². The van der Waals surface area contributed by atoms with Crippen LogP contribution in [0.15, 0.2) is 11.4 Å². The summed E-state index contributed by atoms with van der Waals surface area (Å²) in [5.41, 5.74) is 4.91. The molecule has 0 unspecified atom stereocenters. The molecule has 0 amide bonds. The van der Waals surface area contributed by atoms with E-state index in [9.17, 15) is 0 Å². The van der Waals surface area contributed by atoms with E-state index in [2.05, 4.69) is 40.8 Å². The number of piperazine rings is 1. The number of hydrogen-bond acceptors (Lipinski definition) is 4. The monoisotopic (exact) mass is 225 g/mol. The van der Waals surface area contributed by atoms with Crippen LogP contribution in [-0.4, -0.2) is 43.1 Å². The van der Waals surface area contributed by atoms with Crippen LogP contribution in [0.1, 0.15) is 10.4 Å².